The molecule has 0 bridgehead atoms. The van der Waals surface area contributed by atoms with E-state index < -0.39 is 0 Å². The molecule has 20 heavy (non-hydrogen) atoms. The van der Waals surface area contributed by atoms with Gasteiger partial charge in [-0.15, -0.1) is 0 Å². The van der Waals surface area contributed by atoms with Crippen LogP contribution in [0.2, 0.25) is 0 Å². The molecule has 2 aliphatic rings. The Kier molecular flexibility index (Phi) is 3.22. The average Bonchev–Trinajstić information content (AvgIpc) is 2.79. The van der Waals surface area contributed by atoms with Gasteiger partial charge in [0.25, 0.3) is 5.91 Å². The van der Waals surface area contributed by atoms with Crippen molar-refractivity contribution in [3.8, 4) is 0 Å². The number of hydrogen-bond acceptors (Lipinski definition) is 3. The SMILES string of the molecule is O=C(NCO)c1ccc2c(c1)C[C@@]1(CCNC1=O)CC2. The van der Waals surface area contributed by atoms with Crippen molar-refractivity contribution in [1.29, 1.82) is 0 Å². The summed E-state index contributed by atoms with van der Waals surface area (Å²) in [5, 5.41) is 14.0. The van der Waals surface area contributed by atoms with Gasteiger partial charge >= 0.3 is 0 Å². The van der Waals surface area contributed by atoms with Crippen LogP contribution in [-0.4, -0.2) is 30.2 Å². The summed E-state index contributed by atoms with van der Waals surface area (Å²) in [7, 11) is 0. The van der Waals surface area contributed by atoms with E-state index in [0.717, 1.165) is 31.4 Å². The number of benzene rings is 1. The van der Waals surface area contributed by atoms with Crippen molar-refractivity contribution in [2.24, 2.45) is 5.41 Å². The molecule has 1 spiro atoms. The number of nitrogens with one attached hydrogen (secondary N) is 2. The van der Waals surface area contributed by atoms with Crippen molar-refractivity contribution in [2.75, 3.05) is 13.3 Å². The van der Waals surface area contributed by atoms with Gasteiger partial charge in [-0.2, -0.15) is 0 Å². The maximum absolute atomic E-state index is 12.1. The molecule has 1 aromatic carbocycles. The summed E-state index contributed by atoms with van der Waals surface area (Å²) in [6.07, 6.45) is 3.34. The zero-order valence-corrected chi connectivity index (χ0v) is 11.2. The molecule has 0 aromatic heterocycles. The molecule has 1 aromatic rings. The van der Waals surface area contributed by atoms with Crippen molar-refractivity contribution in [1.82, 2.24) is 10.6 Å². The number of aliphatic hydroxyl groups is 1. The second kappa shape index (κ2) is 4.90. The van der Waals surface area contributed by atoms with Crippen LogP contribution < -0.4 is 10.6 Å². The van der Waals surface area contributed by atoms with Gasteiger partial charge in [0.2, 0.25) is 5.91 Å². The first-order chi connectivity index (χ1) is 9.64. The first kappa shape index (κ1) is 13.1. The quantitative estimate of drug-likeness (QED) is 0.681. The number of hydrogen-bond donors (Lipinski definition) is 3. The van der Waals surface area contributed by atoms with Gasteiger partial charge < -0.3 is 15.7 Å². The molecule has 5 heteroatoms. The van der Waals surface area contributed by atoms with Crippen LogP contribution in [0.25, 0.3) is 0 Å². The lowest BCUT2D eigenvalue weighted by Crippen LogP contribution is -2.36. The predicted molar refractivity (Wildman–Crippen MR) is 73.1 cm³/mol. The summed E-state index contributed by atoms with van der Waals surface area (Å²) in [6, 6.07) is 5.59. The summed E-state index contributed by atoms with van der Waals surface area (Å²) >= 11 is 0. The van der Waals surface area contributed by atoms with E-state index in [0.29, 0.717) is 12.0 Å². The van der Waals surface area contributed by atoms with Gasteiger partial charge in [0, 0.05) is 12.1 Å². The Bertz CT molecular complexity index is 570. The van der Waals surface area contributed by atoms with E-state index in [9.17, 15) is 9.59 Å². The highest BCUT2D eigenvalue weighted by molar-refractivity contribution is 5.94. The number of aryl methyl sites for hydroxylation is 1. The van der Waals surface area contributed by atoms with Crippen molar-refractivity contribution >= 4 is 11.8 Å². The van der Waals surface area contributed by atoms with Gasteiger partial charge in [0.05, 0.1) is 5.41 Å². The van der Waals surface area contributed by atoms with Gasteiger partial charge in [0.15, 0.2) is 0 Å². The van der Waals surface area contributed by atoms with Crippen LogP contribution in [0.1, 0.15) is 34.3 Å². The van der Waals surface area contributed by atoms with Crippen LogP contribution in [0.4, 0.5) is 0 Å². The molecular formula is C15H18N2O3. The van der Waals surface area contributed by atoms with Crippen molar-refractivity contribution in [3.05, 3.63) is 34.9 Å². The van der Waals surface area contributed by atoms with E-state index in [1.165, 1.54) is 5.56 Å². The highest BCUT2D eigenvalue weighted by Crippen LogP contribution is 2.41. The van der Waals surface area contributed by atoms with E-state index in [1.54, 1.807) is 6.07 Å². The highest BCUT2D eigenvalue weighted by atomic mass is 16.3. The van der Waals surface area contributed by atoms with Crippen LogP contribution in [0, 0.1) is 5.41 Å². The van der Waals surface area contributed by atoms with Crippen molar-refractivity contribution < 1.29 is 14.7 Å². The number of amides is 2. The Morgan fingerprint density at radius 3 is 2.90 bits per heavy atom. The minimum atomic E-state index is -0.373. The zero-order chi connectivity index (χ0) is 14.2. The van der Waals surface area contributed by atoms with E-state index in [2.05, 4.69) is 10.6 Å². The normalized spacial score (nSPS) is 24.4. The third kappa shape index (κ3) is 2.08. The Morgan fingerprint density at radius 2 is 2.20 bits per heavy atom. The van der Waals surface area contributed by atoms with Crippen LogP contribution in [0.3, 0.4) is 0 Å². The third-order valence-corrected chi connectivity index (χ3v) is 4.48. The molecule has 106 valence electrons. The minimum absolute atomic E-state index is 0.147. The Morgan fingerprint density at radius 1 is 1.35 bits per heavy atom. The fraction of sp³-hybridized carbons (Fsp3) is 0.467. The molecule has 2 amide bonds. The Balaban J connectivity index is 1.89. The molecule has 3 rings (SSSR count). The maximum atomic E-state index is 12.1. The molecule has 0 saturated carbocycles. The fourth-order valence-electron chi connectivity index (χ4n) is 3.30. The fourth-order valence-corrected chi connectivity index (χ4v) is 3.30. The minimum Gasteiger partial charge on any atom is -0.376 e. The molecular weight excluding hydrogens is 256 g/mol. The predicted octanol–water partition coefficient (Wildman–Crippen LogP) is 0.361. The van der Waals surface area contributed by atoms with Gasteiger partial charge in [-0.1, -0.05) is 6.07 Å². The molecule has 1 saturated heterocycles. The van der Waals surface area contributed by atoms with Crippen LogP contribution >= 0.6 is 0 Å². The van der Waals surface area contributed by atoms with Crippen molar-refractivity contribution in [2.45, 2.75) is 25.7 Å². The average molecular weight is 274 g/mol. The summed E-state index contributed by atoms with van der Waals surface area (Å²) in [6.45, 7) is 0.376. The highest BCUT2D eigenvalue weighted by Gasteiger charge is 2.44. The molecule has 1 aliphatic heterocycles. The molecule has 3 N–H and O–H groups in total. The molecule has 5 nitrogen and oxygen atoms in total. The lowest BCUT2D eigenvalue weighted by Gasteiger charge is -2.32. The standard InChI is InChI=1S/C15H18N2O3/c18-9-17-13(19)11-2-1-10-3-4-15(8-12(10)7-11)5-6-16-14(15)20/h1-2,7,18H,3-6,8-9H2,(H,16,20)(H,17,19)/t15-/m0/s1. The van der Waals surface area contributed by atoms with Crippen molar-refractivity contribution in [3.63, 3.8) is 0 Å². The molecule has 1 atom stereocenters. The maximum Gasteiger partial charge on any atom is 0.253 e. The summed E-state index contributed by atoms with van der Waals surface area (Å²) in [4.78, 5) is 23.8. The first-order valence-electron chi connectivity index (χ1n) is 6.94. The molecule has 0 unspecified atom stereocenters. The third-order valence-electron chi connectivity index (χ3n) is 4.48. The Hall–Kier alpha value is -1.88. The topological polar surface area (TPSA) is 78.4 Å². The number of rotatable bonds is 2. The zero-order valence-electron chi connectivity index (χ0n) is 11.2. The van der Waals surface area contributed by atoms with Gasteiger partial charge in [-0.05, 0) is 48.9 Å². The van der Waals surface area contributed by atoms with Gasteiger partial charge in [-0.3, -0.25) is 9.59 Å². The van der Waals surface area contributed by atoms with E-state index >= 15 is 0 Å². The molecule has 1 aliphatic carbocycles. The second-order valence-corrected chi connectivity index (χ2v) is 5.61. The van der Waals surface area contributed by atoms with Gasteiger partial charge in [0.1, 0.15) is 6.73 Å². The van der Waals surface area contributed by atoms with Crippen LogP contribution in [-0.2, 0) is 17.6 Å². The van der Waals surface area contributed by atoms with Crippen LogP contribution in [0.15, 0.2) is 18.2 Å². The van der Waals surface area contributed by atoms with Crippen LogP contribution in [0.5, 0.6) is 0 Å². The molecule has 1 heterocycles. The molecule has 0 radical (unpaired) electrons. The Labute approximate surface area is 117 Å². The summed E-state index contributed by atoms with van der Waals surface area (Å²) < 4.78 is 0. The van der Waals surface area contributed by atoms with Gasteiger partial charge in [-0.25, -0.2) is 0 Å². The smallest absolute Gasteiger partial charge is 0.253 e. The summed E-state index contributed by atoms with van der Waals surface area (Å²) in [5.41, 5.74) is 2.56. The molecule has 1 fully saturated rings. The largest absolute Gasteiger partial charge is 0.376 e. The lowest BCUT2D eigenvalue weighted by molar-refractivity contribution is -0.128. The first-order valence-corrected chi connectivity index (χ1v) is 6.94. The summed E-state index contributed by atoms with van der Waals surface area (Å²) in [5.74, 6) is -0.140. The second-order valence-electron chi connectivity index (χ2n) is 5.61. The number of carbonyl (C=O) groups is 2. The number of carbonyl (C=O) groups excluding carboxylic acids is 2. The number of aliphatic hydroxyl groups excluding tert-OH is 1. The monoisotopic (exact) mass is 274 g/mol. The van der Waals surface area contributed by atoms with E-state index in [1.807, 2.05) is 12.1 Å². The lowest BCUT2D eigenvalue weighted by atomic mass is 9.70. The van der Waals surface area contributed by atoms with E-state index in [4.69, 9.17) is 5.11 Å². The van der Waals surface area contributed by atoms with E-state index in [-0.39, 0.29) is 24.0 Å². The number of fused-ring (bicyclic) bond motifs is 1.